The van der Waals surface area contributed by atoms with Gasteiger partial charge in [0.25, 0.3) is 11.8 Å². The number of nitrogens with zero attached hydrogens (tertiary/aromatic N) is 5. The number of hydrogen-bond acceptors (Lipinski definition) is 6. The van der Waals surface area contributed by atoms with Gasteiger partial charge in [-0.15, -0.1) is 0 Å². The summed E-state index contributed by atoms with van der Waals surface area (Å²) in [7, 11) is 0. The first-order chi connectivity index (χ1) is 15.9. The number of hydrogen-bond donors (Lipinski definition) is 1. The van der Waals surface area contributed by atoms with E-state index in [1.165, 1.54) is 24.5 Å². The van der Waals surface area contributed by atoms with Gasteiger partial charge in [0.2, 0.25) is 0 Å². The lowest BCUT2D eigenvalue weighted by atomic mass is 9.95. The Morgan fingerprint density at radius 1 is 1.06 bits per heavy atom. The Labute approximate surface area is 191 Å². The van der Waals surface area contributed by atoms with Gasteiger partial charge >= 0.3 is 0 Å². The van der Waals surface area contributed by atoms with Crippen molar-refractivity contribution in [2.75, 3.05) is 6.54 Å². The summed E-state index contributed by atoms with van der Waals surface area (Å²) in [6.45, 7) is 4.34. The molecule has 0 unspecified atom stereocenters. The van der Waals surface area contributed by atoms with Crippen molar-refractivity contribution in [1.29, 1.82) is 0 Å². The predicted octanol–water partition coefficient (Wildman–Crippen LogP) is 3.32. The van der Waals surface area contributed by atoms with Crippen LogP contribution in [0.5, 0.6) is 0 Å². The van der Waals surface area contributed by atoms with Crippen LogP contribution in [-0.2, 0) is 6.54 Å². The highest BCUT2D eigenvalue weighted by molar-refractivity contribution is 5.96. The van der Waals surface area contributed by atoms with Crippen molar-refractivity contribution in [2.45, 2.75) is 45.7 Å². The first-order valence-corrected chi connectivity index (χ1v) is 10.9. The molecule has 1 atom stereocenters. The molecule has 0 saturated carbocycles. The van der Waals surface area contributed by atoms with Crippen molar-refractivity contribution >= 4 is 11.8 Å². The second-order valence-electron chi connectivity index (χ2n) is 8.08. The molecule has 1 aliphatic heterocycles. The molecule has 1 fully saturated rings. The fourth-order valence-corrected chi connectivity index (χ4v) is 3.91. The van der Waals surface area contributed by atoms with Gasteiger partial charge in [-0.3, -0.25) is 14.6 Å². The molecule has 3 heterocycles. The summed E-state index contributed by atoms with van der Waals surface area (Å²) in [6.07, 6.45) is 6.99. The first kappa shape index (κ1) is 22.4. The van der Waals surface area contributed by atoms with Crippen LogP contribution in [0.25, 0.3) is 0 Å². The minimum absolute atomic E-state index is 0.235. The second kappa shape index (κ2) is 9.81. The number of nitrogens with one attached hydrogen (secondary N) is 1. The highest BCUT2D eigenvalue weighted by Crippen LogP contribution is 2.32. The lowest BCUT2D eigenvalue weighted by molar-refractivity contribution is 0.0595. The quantitative estimate of drug-likeness (QED) is 0.643. The van der Waals surface area contributed by atoms with E-state index in [0.717, 1.165) is 24.1 Å². The van der Waals surface area contributed by atoms with E-state index in [0.29, 0.717) is 30.0 Å². The topological polar surface area (TPSA) is 101 Å². The Morgan fingerprint density at radius 3 is 2.58 bits per heavy atom. The van der Waals surface area contributed by atoms with Gasteiger partial charge in [0.05, 0.1) is 29.2 Å². The zero-order valence-electron chi connectivity index (χ0n) is 18.6. The molecule has 0 spiro atoms. The van der Waals surface area contributed by atoms with Crippen molar-refractivity contribution < 1.29 is 14.0 Å². The monoisotopic (exact) mass is 448 g/mol. The molecule has 2 amide bonds. The molecular formula is C24H25FN6O2. The van der Waals surface area contributed by atoms with Gasteiger partial charge in [-0.05, 0) is 50.8 Å². The normalized spacial score (nSPS) is 15.8. The van der Waals surface area contributed by atoms with E-state index in [9.17, 15) is 14.0 Å². The van der Waals surface area contributed by atoms with Crippen molar-refractivity contribution in [2.24, 2.45) is 0 Å². The lowest BCUT2D eigenvalue weighted by Crippen LogP contribution is -2.40. The zero-order chi connectivity index (χ0) is 23.4. The summed E-state index contributed by atoms with van der Waals surface area (Å²) < 4.78 is 13.1. The van der Waals surface area contributed by atoms with Crippen molar-refractivity contribution in [3.8, 4) is 0 Å². The Morgan fingerprint density at radius 2 is 1.85 bits per heavy atom. The summed E-state index contributed by atoms with van der Waals surface area (Å²) >= 11 is 0. The van der Waals surface area contributed by atoms with Gasteiger partial charge in [0, 0.05) is 25.5 Å². The number of likely N-dealkylation sites (tertiary alicyclic amines) is 1. The Kier molecular flexibility index (Phi) is 6.67. The molecular weight excluding hydrogens is 423 g/mol. The van der Waals surface area contributed by atoms with Gasteiger partial charge in [-0.2, -0.15) is 0 Å². The minimum atomic E-state index is -0.373. The van der Waals surface area contributed by atoms with E-state index in [2.05, 4.69) is 25.3 Å². The SMILES string of the molecule is Cc1cnc(C(=O)N2CCCC[C@H]2c2nc(C)ncc2C(=O)NCc2ccc(F)cc2)cn1. The number of amides is 2. The van der Waals surface area contributed by atoms with Crippen LogP contribution in [0.15, 0.2) is 42.9 Å². The van der Waals surface area contributed by atoms with E-state index < -0.39 is 0 Å². The fraction of sp³-hybridized carbons (Fsp3) is 0.333. The van der Waals surface area contributed by atoms with Gasteiger partial charge in [0.1, 0.15) is 17.3 Å². The highest BCUT2D eigenvalue weighted by Gasteiger charge is 2.33. The molecule has 4 rings (SSSR count). The van der Waals surface area contributed by atoms with Crippen LogP contribution in [0.2, 0.25) is 0 Å². The Bertz CT molecular complexity index is 1150. The van der Waals surface area contributed by atoms with Crippen molar-refractivity contribution in [3.63, 3.8) is 0 Å². The summed E-state index contributed by atoms with van der Waals surface area (Å²) in [6, 6.07) is 5.56. The molecule has 1 N–H and O–H groups in total. The maximum absolute atomic E-state index is 13.2. The Balaban J connectivity index is 1.60. The van der Waals surface area contributed by atoms with Crippen LogP contribution in [0, 0.1) is 19.7 Å². The van der Waals surface area contributed by atoms with Crippen LogP contribution in [0.1, 0.15) is 68.9 Å². The van der Waals surface area contributed by atoms with E-state index >= 15 is 0 Å². The number of rotatable bonds is 5. The largest absolute Gasteiger partial charge is 0.348 e. The average molecular weight is 449 g/mol. The molecule has 1 aliphatic rings. The van der Waals surface area contributed by atoms with Gasteiger partial charge in [-0.1, -0.05) is 12.1 Å². The number of benzene rings is 1. The molecule has 1 aromatic carbocycles. The van der Waals surface area contributed by atoms with Crippen molar-refractivity contribution in [3.05, 3.63) is 82.7 Å². The highest BCUT2D eigenvalue weighted by atomic mass is 19.1. The van der Waals surface area contributed by atoms with E-state index in [1.807, 2.05) is 6.92 Å². The standard InChI is InChI=1S/C24H25FN6O2/c1-15-11-28-20(14-26-15)24(33)31-10-4-3-5-21(31)22-19(13-27-16(2)30-22)23(32)29-12-17-6-8-18(25)9-7-17/h6-9,11,13-14,21H,3-5,10,12H2,1-2H3,(H,29,32)/t21-/m0/s1. The molecule has 170 valence electrons. The number of carbonyl (C=O) groups is 2. The minimum Gasteiger partial charge on any atom is -0.348 e. The third-order valence-electron chi connectivity index (χ3n) is 5.63. The maximum atomic E-state index is 13.2. The third-order valence-corrected chi connectivity index (χ3v) is 5.63. The number of halogens is 1. The Hall–Kier alpha value is -3.75. The molecule has 0 bridgehead atoms. The summed E-state index contributed by atoms with van der Waals surface area (Å²) in [5.74, 6) is -0.392. The number of aromatic nitrogens is 4. The van der Waals surface area contributed by atoms with Crippen LogP contribution in [0.3, 0.4) is 0 Å². The van der Waals surface area contributed by atoms with Crippen LogP contribution in [0.4, 0.5) is 4.39 Å². The molecule has 0 aliphatic carbocycles. The maximum Gasteiger partial charge on any atom is 0.274 e. The number of aryl methyl sites for hydroxylation is 2. The average Bonchev–Trinajstić information content (AvgIpc) is 2.83. The summed E-state index contributed by atoms with van der Waals surface area (Å²) in [5, 5.41) is 2.85. The molecule has 0 radical (unpaired) electrons. The van der Waals surface area contributed by atoms with Crippen LogP contribution >= 0.6 is 0 Å². The molecule has 33 heavy (non-hydrogen) atoms. The van der Waals surface area contributed by atoms with Gasteiger partial charge in [0.15, 0.2) is 0 Å². The predicted molar refractivity (Wildman–Crippen MR) is 119 cm³/mol. The fourth-order valence-electron chi connectivity index (χ4n) is 3.91. The van der Waals surface area contributed by atoms with E-state index in [-0.39, 0.29) is 35.9 Å². The van der Waals surface area contributed by atoms with Gasteiger partial charge in [-0.25, -0.2) is 19.3 Å². The van der Waals surface area contributed by atoms with E-state index in [1.54, 1.807) is 30.2 Å². The number of carbonyl (C=O) groups excluding carboxylic acids is 2. The van der Waals surface area contributed by atoms with Gasteiger partial charge < -0.3 is 10.2 Å². The van der Waals surface area contributed by atoms with Crippen molar-refractivity contribution in [1.82, 2.24) is 30.2 Å². The molecule has 1 saturated heterocycles. The summed E-state index contributed by atoms with van der Waals surface area (Å²) in [4.78, 5) is 45.2. The smallest absolute Gasteiger partial charge is 0.274 e. The van der Waals surface area contributed by atoms with Crippen LogP contribution < -0.4 is 5.32 Å². The lowest BCUT2D eigenvalue weighted by Gasteiger charge is -2.35. The zero-order valence-corrected chi connectivity index (χ0v) is 18.6. The van der Waals surface area contributed by atoms with Crippen LogP contribution in [-0.4, -0.2) is 43.2 Å². The molecule has 8 nitrogen and oxygen atoms in total. The second-order valence-corrected chi connectivity index (χ2v) is 8.08. The van der Waals surface area contributed by atoms with E-state index in [4.69, 9.17) is 0 Å². The summed E-state index contributed by atoms with van der Waals surface area (Å²) in [5.41, 5.74) is 2.61. The third kappa shape index (κ3) is 5.19. The molecule has 2 aromatic heterocycles. The molecule has 9 heteroatoms. The molecule has 3 aromatic rings. The first-order valence-electron chi connectivity index (χ1n) is 10.9. The number of piperidine rings is 1.